The van der Waals surface area contributed by atoms with Crippen molar-refractivity contribution in [2.24, 2.45) is 0 Å². The molecule has 0 fully saturated rings. The van der Waals surface area contributed by atoms with Gasteiger partial charge in [-0.25, -0.2) is 4.79 Å². The molecule has 1 amide bonds. The lowest BCUT2D eigenvalue weighted by atomic mass is 10.1. The van der Waals surface area contributed by atoms with Crippen LogP contribution >= 0.6 is 0 Å². The zero-order valence-corrected chi connectivity index (χ0v) is 9.71. The number of aliphatic carboxylic acids is 1. The molecule has 0 aromatic heterocycles. The van der Waals surface area contributed by atoms with Crippen molar-refractivity contribution in [3.8, 4) is 5.75 Å². The van der Waals surface area contributed by atoms with Crippen LogP contribution in [0.5, 0.6) is 5.75 Å². The van der Waals surface area contributed by atoms with Gasteiger partial charge in [-0.1, -0.05) is 0 Å². The molecule has 1 atom stereocenters. The second-order valence-corrected chi connectivity index (χ2v) is 3.52. The van der Waals surface area contributed by atoms with Gasteiger partial charge in [-0.15, -0.1) is 0 Å². The molecule has 0 radical (unpaired) electrons. The minimum Gasteiger partial charge on any atom is -0.496 e. The second kappa shape index (κ2) is 5.87. The number of carboxylic acids is 1. The SMILES string of the molecule is COc1cc(N)ccc1C(=O)NC[C@H](O)C(=O)O. The Morgan fingerprint density at radius 2 is 2.17 bits per heavy atom. The summed E-state index contributed by atoms with van der Waals surface area (Å²) in [4.78, 5) is 22.1. The zero-order valence-electron chi connectivity index (χ0n) is 9.71. The van der Waals surface area contributed by atoms with Crippen LogP contribution in [0.1, 0.15) is 10.4 Å². The van der Waals surface area contributed by atoms with Crippen molar-refractivity contribution in [2.75, 3.05) is 19.4 Å². The van der Waals surface area contributed by atoms with E-state index in [4.69, 9.17) is 20.7 Å². The third kappa shape index (κ3) is 3.36. The van der Waals surface area contributed by atoms with E-state index in [0.717, 1.165) is 0 Å². The van der Waals surface area contributed by atoms with Crippen molar-refractivity contribution in [3.63, 3.8) is 0 Å². The van der Waals surface area contributed by atoms with E-state index in [1.165, 1.54) is 25.3 Å². The van der Waals surface area contributed by atoms with Crippen molar-refractivity contribution >= 4 is 17.6 Å². The van der Waals surface area contributed by atoms with Gasteiger partial charge in [-0.3, -0.25) is 4.79 Å². The molecule has 18 heavy (non-hydrogen) atoms. The number of carbonyl (C=O) groups is 2. The molecule has 0 spiro atoms. The Morgan fingerprint density at radius 1 is 1.50 bits per heavy atom. The molecule has 7 nitrogen and oxygen atoms in total. The Balaban J connectivity index is 2.75. The topological polar surface area (TPSA) is 122 Å². The van der Waals surface area contributed by atoms with E-state index in [2.05, 4.69) is 5.32 Å². The summed E-state index contributed by atoms with van der Waals surface area (Å²) in [5, 5.41) is 19.8. The average Bonchev–Trinajstić information content (AvgIpc) is 2.34. The summed E-state index contributed by atoms with van der Waals surface area (Å²) in [5.74, 6) is -1.68. The van der Waals surface area contributed by atoms with Gasteiger partial charge in [-0.2, -0.15) is 0 Å². The van der Waals surface area contributed by atoms with E-state index >= 15 is 0 Å². The first-order chi connectivity index (χ1) is 8.45. The lowest BCUT2D eigenvalue weighted by molar-refractivity contribution is -0.146. The fourth-order valence-corrected chi connectivity index (χ4v) is 1.27. The minimum atomic E-state index is -1.64. The number of anilines is 1. The molecule has 0 saturated heterocycles. The molecule has 98 valence electrons. The van der Waals surface area contributed by atoms with Gasteiger partial charge in [0.05, 0.1) is 19.2 Å². The van der Waals surface area contributed by atoms with Gasteiger partial charge in [0.15, 0.2) is 6.10 Å². The fraction of sp³-hybridized carbons (Fsp3) is 0.273. The molecule has 1 aromatic rings. The van der Waals surface area contributed by atoms with Crippen LogP contribution < -0.4 is 15.8 Å². The first kappa shape index (κ1) is 13.8. The summed E-state index contributed by atoms with van der Waals surface area (Å²) in [6, 6.07) is 4.45. The maximum Gasteiger partial charge on any atom is 0.334 e. The highest BCUT2D eigenvalue weighted by molar-refractivity contribution is 5.97. The number of nitrogens with one attached hydrogen (secondary N) is 1. The summed E-state index contributed by atoms with van der Waals surface area (Å²) >= 11 is 0. The molecule has 0 aliphatic rings. The third-order valence-corrected chi connectivity index (χ3v) is 2.21. The van der Waals surface area contributed by atoms with Gasteiger partial charge in [0.2, 0.25) is 0 Å². The van der Waals surface area contributed by atoms with E-state index in [0.29, 0.717) is 5.69 Å². The van der Waals surface area contributed by atoms with Crippen molar-refractivity contribution in [1.82, 2.24) is 5.32 Å². The number of carboxylic acid groups (broad SMARTS) is 1. The molecule has 1 aromatic carbocycles. The van der Waals surface area contributed by atoms with Crippen LogP contribution in [0.3, 0.4) is 0 Å². The maximum atomic E-state index is 11.7. The van der Waals surface area contributed by atoms with Gasteiger partial charge in [0.25, 0.3) is 5.91 Å². The van der Waals surface area contributed by atoms with E-state index in [1.807, 2.05) is 0 Å². The van der Waals surface area contributed by atoms with Crippen LogP contribution in [0, 0.1) is 0 Å². The van der Waals surface area contributed by atoms with E-state index in [-0.39, 0.29) is 17.9 Å². The highest BCUT2D eigenvalue weighted by atomic mass is 16.5. The maximum absolute atomic E-state index is 11.7. The predicted molar refractivity (Wildman–Crippen MR) is 63.4 cm³/mol. The number of methoxy groups -OCH3 is 1. The lowest BCUT2D eigenvalue weighted by Gasteiger charge is -2.11. The molecular formula is C11H14N2O5. The number of aliphatic hydroxyl groups is 1. The Morgan fingerprint density at radius 3 is 2.72 bits per heavy atom. The van der Waals surface area contributed by atoms with E-state index < -0.39 is 18.0 Å². The largest absolute Gasteiger partial charge is 0.496 e. The summed E-state index contributed by atoms with van der Waals surface area (Å²) in [6.07, 6.45) is -1.64. The number of benzene rings is 1. The van der Waals surface area contributed by atoms with Gasteiger partial charge >= 0.3 is 5.97 Å². The third-order valence-electron chi connectivity index (χ3n) is 2.21. The summed E-state index contributed by atoms with van der Waals surface area (Å²) in [7, 11) is 1.39. The summed E-state index contributed by atoms with van der Waals surface area (Å²) in [6.45, 7) is -0.387. The first-order valence-corrected chi connectivity index (χ1v) is 5.08. The zero-order chi connectivity index (χ0) is 13.7. The van der Waals surface area contributed by atoms with Gasteiger partial charge in [0, 0.05) is 11.8 Å². The monoisotopic (exact) mass is 254 g/mol. The Hall–Kier alpha value is -2.28. The van der Waals surface area contributed by atoms with Crippen LogP contribution in [0.4, 0.5) is 5.69 Å². The Labute approximate surface area is 103 Å². The molecule has 0 saturated carbocycles. The lowest BCUT2D eigenvalue weighted by Crippen LogP contribution is -2.36. The number of nitrogens with two attached hydrogens (primary N) is 1. The van der Waals surface area contributed by atoms with Gasteiger partial charge < -0.3 is 26.0 Å². The molecular weight excluding hydrogens is 240 g/mol. The smallest absolute Gasteiger partial charge is 0.334 e. The van der Waals surface area contributed by atoms with Crippen molar-refractivity contribution in [2.45, 2.75) is 6.10 Å². The highest BCUT2D eigenvalue weighted by Gasteiger charge is 2.17. The van der Waals surface area contributed by atoms with Crippen LogP contribution in [0.25, 0.3) is 0 Å². The molecule has 0 aliphatic heterocycles. The van der Waals surface area contributed by atoms with Crippen LogP contribution in [0.15, 0.2) is 18.2 Å². The fourth-order valence-electron chi connectivity index (χ4n) is 1.27. The first-order valence-electron chi connectivity index (χ1n) is 5.08. The molecule has 1 rings (SSSR count). The number of aliphatic hydroxyl groups excluding tert-OH is 1. The minimum absolute atomic E-state index is 0.212. The predicted octanol–water partition coefficient (Wildman–Crippen LogP) is -0.547. The molecule has 0 heterocycles. The number of hydrogen-bond donors (Lipinski definition) is 4. The summed E-state index contributed by atoms with van der Waals surface area (Å²) in [5.41, 5.74) is 6.19. The number of hydrogen-bond acceptors (Lipinski definition) is 5. The number of rotatable bonds is 5. The average molecular weight is 254 g/mol. The standard InChI is InChI=1S/C11H14N2O5/c1-18-9-4-6(12)2-3-7(9)10(15)13-5-8(14)11(16)17/h2-4,8,14H,5,12H2,1H3,(H,13,15)(H,16,17)/t8-/m0/s1. The van der Waals surface area contributed by atoms with E-state index in [1.54, 1.807) is 0 Å². The van der Waals surface area contributed by atoms with Gasteiger partial charge in [0.1, 0.15) is 5.75 Å². The quantitative estimate of drug-likeness (QED) is 0.523. The van der Waals surface area contributed by atoms with Crippen molar-refractivity contribution in [3.05, 3.63) is 23.8 Å². The Bertz CT molecular complexity index is 461. The number of amides is 1. The summed E-state index contributed by atoms with van der Waals surface area (Å²) < 4.78 is 4.98. The molecule has 0 bridgehead atoms. The molecule has 0 unspecified atom stereocenters. The van der Waals surface area contributed by atoms with Gasteiger partial charge in [-0.05, 0) is 12.1 Å². The van der Waals surface area contributed by atoms with Crippen LogP contribution in [0.2, 0.25) is 0 Å². The second-order valence-electron chi connectivity index (χ2n) is 3.52. The molecule has 0 aliphatic carbocycles. The van der Waals surface area contributed by atoms with Crippen LogP contribution in [-0.4, -0.2) is 41.8 Å². The normalized spacial score (nSPS) is 11.7. The number of nitrogen functional groups attached to an aromatic ring is 1. The number of ether oxygens (including phenoxy) is 1. The highest BCUT2D eigenvalue weighted by Crippen LogP contribution is 2.21. The molecule has 5 N–H and O–H groups in total. The van der Waals surface area contributed by atoms with E-state index in [9.17, 15) is 9.59 Å². The molecule has 7 heteroatoms. The van der Waals surface area contributed by atoms with Crippen molar-refractivity contribution in [1.29, 1.82) is 0 Å². The Kier molecular flexibility index (Phi) is 4.50. The van der Waals surface area contributed by atoms with Crippen LogP contribution in [-0.2, 0) is 4.79 Å². The number of carbonyl (C=O) groups excluding carboxylic acids is 1. The van der Waals surface area contributed by atoms with Crippen molar-refractivity contribution < 1.29 is 24.5 Å².